The van der Waals surface area contributed by atoms with Crippen LogP contribution in [0, 0.1) is 0 Å². The second-order valence-corrected chi connectivity index (χ2v) is 11.8. The Morgan fingerprint density at radius 2 is 1.00 bits per heavy atom. The van der Waals surface area contributed by atoms with Crippen molar-refractivity contribution in [3.8, 4) is 11.1 Å². The van der Waals surface area contributed by atoms with E-state index in [1.807, 2.05) is 42.5 Å². The molecule has 32 heavy (non-hydrogen) atoms. The largest absolute Gasteiger partial charge is 0.219 e. The van der Waals surface area contributed by atoms with Crippen molar-refractivity contribution < 1.29 is 8.42 Å². The van der Waals surface area contributed by atoms with Gasteiger partial charge in [-0.3, -0.25) is 0 Å². The van der Waals surface area contributed by atoms with Crippen LogP contribution in [-0.4, -0.2) is 8.42 Å². The van der Waals surface area contributed by atoms with Crippen LogP contribution in [0.5, 0.6) is 0 Å². The fourth-order valence-corrected chi connectivity index (χ4v) is 5.52. The second kappa shape index (κ2) is 8.97. The summed E-state index contributed by atoms with van der Waals surface area (Å²) in [5, 5.41) is 0. The van der Waals surface area contributed by atoms with Gasteiger partial charge in [-0.05, 0) is 70.6 Å². The third-order valence-corrected chi connectivity index (χ3v) is 8.16. The maximum atomic E-state index is 13.0. The van der Waals surface area contributed by atoms with Crippen LogP contribution in [0.1, 0.15) is 26.3 Å². The molecule has 0 N–H and O–H groups in total. The Morgan fingerprint density at radius 3 is 1.50 bits per heavy atom. The van der Waals surface area contributed by atoms with E-state index in [-0.39, 0.29) is 5.41 Å². The number of rotatable bonds is 5. The standard InChI is InChI=1S/C28H26O2S2/c1-28(2,3)23-11-17-26(18-12-23)32(29,30)27-19-15-25(16-20-27)31-24-13-9-22(10-14-24)21-7-5-4-6-8-21/h4-20H,1-3H3. The van der Waals surface area contributed by atoms with Crippen LogP contribution in [0.2, 0.25) is 0 Å². The molecule has 4 aromatic carbocycles. The van der Waals surface area contributed by atoms with Gasteiger partial charge < -0.3 is 0 Å². The first-order valence-corrected chi connectivity index (χ1v) is 12.8. The molecule has 4 rings (SSSR count). The van der Waals surface area contributed by atoms with Gasteiger partial charge in [-0.25, -0.2) is 8.42 Å². The summed E-state index contributed by atoms with van der Waals surface area (Å²) in [4.78, 5) is 2.74. The lowest BCUT2D eigenvalue weighted by Crippen LogP contribution is -2.11. The van der Waals surface area contributed by atoms with Gasteiger partial charge in [0.1, 0.15) is 0 Å². The molecule has 2 nitrogen and oxygen atoms in total. The lowest BCUT2D eigenvalue weighted by molar-refractivity contribution is 0.586. The summed E-state index contributed by atoms with van der Waals surface area (Å²) >= 11 is 1.62. The van der Waals surface area contributed by atoms with Crippen molar-refractivity contribution >= 4 is 21.6 Å². The highest BCUT2D eigenvalue weighted by molar-refractivity contribution is 7.99. The molecule has 0 radical (unpaired) electrons. The minimum Gasteiger partial charge on any atom is -0.219 e. The molecule has 4 heteroatoms. The number of sulfone groups is 1. The van der Waals surface area contributed by atoms with Gasteiger partial charge in [0.05, 0.1) is 9.79 Å². The zero-order valence-electron chi connectivity index (χ0n) is 18.4. The molecule has 162 valence electrons. The molecule has 0 atom stereocenters. The summed E-state index contributed by atoms with van der Waals surface area (Å²) in [6, 6.07) is 33.0. The lowest BCUT2D eigenvalue weighted by Gasteiger charge is -2.19. The molecular weight excluding hydrogens is 432 g/mol. The molecule has 0 spiro atoms. The van der Waals surface area contributed by atoms with Gasteiger partial charge in [0, 0.05) is 9.79 Å². The molecule has 0 heterocycles. The van der Waals surface area contributed by atoms with Crippen LogP contribution < -0.4 is 0 Å². The summed E-state index contributed by atoms with van der Waals surface area (Å²) in [6.07, 6.45) is 0. The zero-order valence-corrected chi connectivity index (χ0v) is 20.1. The van der Waals surface area contributed by atoms with Crippen LogP contribution in [0.4, 0.5) is 0 Å². The third kappa shape index (κ3) is 4.98. The summed E-state index contributed by atoms with van der Waals surface area (Å²) in [7, 11) is -3.54. The third-order valence-electron chi connectivity index (χ3n) is 5.36. The molecule has 0 saturated heterocycles. The molecule has 0 amide bonds. The maximum Gasteiger partial charge on any atom is 0.206 e. The van der Waals surface area contributed by atoms with Gasteiger partial charge in [0.25, 0.3) is 0 Å². The molecule has 0 aliphatic rings. The predicted octanol–water partition coefficient (Wildman–Crippen LogP) is 7.64. The van der Waals surface area contributed by atoms with Gasteiger partial charge in [0.2, 0.25) is 9.84 Å². The fourth-order valence-electron chi connectivity index (χ4n) is 3.44. The van der Waals surface area contributed by atoms with Crippen molar-refractivity contribution in [1.29, 1.82) is 0 Å². The summed E-state index contributed by atoms with van der Waals surface area (Å²) in [5.74, 6) is 0. The Kier molecular flexibility index (Phi) is 6.27. The van der Waals surface area contributed by atoms with Crippen LogP contribution in [0.25, 0.3) is 11.1 Å². The second-order valence-electron chi connectivity index (χ2n) is 8.74. The quantitative estimate of drug-likeness (QED) is 0.308. The molecule has 0 aliphatic heterocycles. The minimum atomic E-state index is -3.54. The van der Waals surface area contributed by atoms with Gasteiger partial charge in [0.15, 0.2) is 0 Å². The van der Waals surface area contributed by atoms with Crippen molar-refractivity contribution in [3.63, 3.8) is 0 Å². The van der Waals surface area contributed by atoms with Crippen LogP contribution in [0.3, 0.4) is 0 Å². The SMILES string of the molecule is CC(C)(C)c1ccc(S(=O)(=O)c2ccc(Sc3ccc(-c4ccccc4)cc3)cc2)cc1. The van der Waals surface area contributed by atoms with Gasteiger partial charge in [-0.2, -0.15) is 0 Å². The van der Waals surface area contributed by atoms with Gasteiger partial charge in [-0.15, -0.1) is 0 Å². The molecular formula is C28H26O2S2. The average molecular weight is 459 g/mol. The topological polar surface area (TPSA) is 34.1 Å². The van der Waals surface area contributed by atoms with Crippen molar-refractivity contribution in [2.24, 2.45) is 0 Å². The number of benzene rings is 4. The van der Waals surface area contributed by atoms with Gasteiger partial charge >= 0.3 is 0 Å². The average Bonchev–Trinajstić information content (AvgIpc) is 2.80. The monoisotopic (exact) mass is 458 g/mol. The number of hydrogen-bond donors (Lipinski definition) is 0. The first kappa shape index (κ1) is 22.4. The highest BCUT2D eigenvalue weighted by atomic mass is 32.2. The van der Waals surface area contributed by atoms with E-state index in [9.17, 15) is 8.42 Å². The fraction of sp³-hybridized carbons (Fsp3) is 0.143. The predicted molar refractivity (Wildman–Crippen MR) is 133 cm³/mol. The summed E-state index contributed by atoms with van der Waals surface area (Å²) < 4.78 is 26.1. The van der Waals surface area contributed by atoms with E-state index in [0.717, 1.165) is 15.4 Å². The smallest absolute Gasteiger partial charge is 0.206 e. The maximum absolute atomic E-state index is 13.0. The highest BCUT2D eigenvalue weighted by Crippen LogP contribution is 2.32. The van der Waals surface area contributed by atoms with Crippen LogP contribution >= 0.6 is 11.8 Å². The van der Waals surface area contributed by atoms with Crippen LogP contribution in [-0.2, 0) is 15.3 Å². The number of hydrogen-bond acceptors (Lipinski definition) is 3. The normalized spacial score (nSPS) is 12.0. The molecule has 0 unspecified atom stereocenters. The highest BCUT2D eigenvalue weighted by Gasteiger charge is 2.19. The van der Waals surface area contributed by atoms with Crippen molar-refractivity contribution in [1.82, 2.24) is 0 Å². The minimum absolute atomic E-state index is 0.0134. The van der Waals surface area contributed by atoms with Gasteiger partial charge in [-0.1, -0.05) is 87.1 Å². The Hall–Kier alpha value is -2.82. The molecule has 0 aromatic heterocycles. The Morgan fingerprint density at radius 1 is 0.562 bits per heavy atom. The molecule has 0 aliphatic carbocycles. The molecule has 4 aromatic rings. The van der Waals surface area contributed by atoms with Crippen molar-refractivity contribution in [3.05, 3.63) is 109 Å². The van der Waals surface area contributed by atoms with E-state index in [0.29, 0.717) is 9.79 Å². The lowest BCUT2D eigenvalue weighted by atomic mass is 9.87. The molecule has 0 bridgehead atoms. The molecule has 0 fully saturated rings. The van der Waals surface area contributed by atoms with Crippen molar-refractivity contribution in [2.45, 2.75) is 45.8 Å². The van der Waals surface area contributed by atoms with E-state index in [4.69, 9.17) is 0 Å². The van der Waals surface area contributed by atoms with Crippen LogP contribution in [0.15, 0.2) is 123 Å². The summed E-state index contributed by atoms with van der Waals surface area (Å²) in [5.41, 5.74) is 3.46. The Bertz CT molecular complexity index is 1280. The molecule has 0 saturated carbocycles. The summed E-state index contributed by atoms with van der Waals surface area (Å²) in [6.45, 7) is 6.34. The van der Waals surface area contributed by atoms with E-state index >= 15 is 0 Å². The van der Waals surface area contributed by atoms with E-state index < -0.39 is 9.84 Å². The first-order valence-electron chi connectivity index (χ1n) is 10.5. The van der Waals surface area contributed by atoms with E-state index in [1.54, 1.807) is 36.0 Å². The first-order chi connectivity index (χ1) is 15.2. The van der Waals surface area contributed by atoms with E-state index in [2.05, 4.69) is 57.2 Å². The zero-order chi connectivity index (χ0) is 22.8. The van der Waals surface area contributed by atoms with Crippen molar-refractivity contribution in [2.75, 3.05) is 0 Å². The Labute approximate surface area is 195 Å². The van der Waals surface area contributed by atoms with E-state index in [1.165, 1.54) is 11.1 Å². The Balaban J connectivity index is 1.49.